The first-order valence-electron chi connectivity index (χ1n) is 6.44. The molecule has 2 heteroatoms. The van der Waals surface area contributed by atoms with Crippen molar-refractivity contribution in [3.05, 3.63) is 35.4 Å². The van der Waals surface area contributed by atoms with Crippen LogP contribution in [0.5, 0.6) is 0 Å². The average molecular weight is 231 g/mol. The van der Waals surface area contributed by atoms with Crippen molar-refractivity contribution in [2.24, 2.45) is 5.92 Å². The van der Waals surface area contributed by atoms with Crippen LogP contribution in [-0.2, 0) is 0 Å². The lowest BCUT2D eigenvalue weighted by molar-refractivity contribution is 0.112. The summed E-state index contributed by atoms with van der Waals surface area (Å²) < 4.78 is 0. The van der Waals surface area contributed by atoms with E-state index in [0.717, 1.165) is 17.8 Å². The number of hydrogen-bond acceptors (Lipinski definition) is 2. The van der Waals surface area contributed by atoms with Gasteiger partial charge in [-0.15, -0.1) is 0 Å². The summed E-state index contributed by atoms with van der Waals surface area (Å²) in [6.07, 6.45) is 3.47. The van der Waals surface area contributed by atoms with Crippen LogP contribution in [-0.4, -0.2) is 31.3 Å². The van der Waals surface area contributed by atoms with Gasteiger partial charge in [0.05, 0.1) is 0 Å². The number of aldehydes is 1. The third kappa shape index (κ3) is 2.95. The number of benzene rings is 1. The number of likely N-dealkylation sites (tertiary alicyclic amines) is 1. The second-order valence-corrected chi connectivity index (χ2v) is 5.22. The number of piperidine rings is 1. The Morgan fingerprint density at radius 3 is 2.71 bits per heavy atom. The lowest BCUT2D eigenvalue weighted by Crippen LogP contribution is -2.32. The van der Waals surface area contributed by atoms with Gasteiger partial charge in [0.1, 0.15) is 6.29 Å². The number of rotatable bonds is 3. The molecule has 0 spiro atoms. The molecule has 2 rings (SSSR count). The van der Waals surface area contributed by atoms with Gasteiger partial charge in [0.25, 0.3) is 0 Å². The number of hydrogen-bond donors (Lipinski definition) is 0. The zero-order valence-electron chi connectivity index (χ0n) is 10.7. The molecule has 1 aromatic carbocycles. The molecule has 1 aromatic rings. The molecule has 0 aromatic heterocycles. The molecule has 1 heterocycles. The Labute approximate surface area is 104 Å². The van der Waals surface area contributed by atoms with Crippen molar-refractivity contribution in [2.75, 3.05) is 20.1 Å². The van der Waals surface area contributed by atoms with Crippen LogP contribution in [0.25, 0.3) is 0 Å². The Balaban J connectivity index is 2.08. The molecule has 0 amide bonds. The summed E-state index contributed by atoms with van der Waals surface area (Å²) >= 11 is 0. The van der Waals surface area contributed by atoms with E-state index in [-0.39, 0.29) is 0 Å². The van der Waals surface area contributed by atoms with Crippen molar-refractivity contribution in [1.82, 2.24) is 4.90 Å². The fourth-order valence-electron chi connectivity index (χ4n) is 2.72. The van der Waals surface area contributed by atoms with E-state index in [2.05, 4.69) is 24.9 Å². The molecule has 2 nitrogen and oxygen atoms in total. The minimum absolute atomic E-state index is 0.559. The smallest absolute Gasteiger partial charge is 0.150 e. The van der Waals surface area contributed by atoms with Crippen LogP contribution in [0.1, 0.15) is 41.6 Å². The highest BCUT2D eigenvalue weighted by Crippen LogP contribution is 2.32. The number of nitrogens with zero attached hydrogens (tertiary/aromatic N) is 1. The van der Waals surface area contributed by atoms with Crippen molar-refractivity contribution in [3.63, 3.8) is 0 Å². The summed E-state index contributed by atoms with van der Waals surface area (Å²) in [6, 6.07) is 8.05. The zero-order chi connectivity index (χ0) is 12.3. The normalized spacial score (nSPS) is 20.1. The first-order valence-corrected chi connectivity index (χ1v) is 6.44. The van der Waals surface area contributed by atoms with Crippen LogP contribution in [0, 0.1) is 5.92 Å². The Hall–Kier alpha value is -1.15. The zero-order valence-corrected chi connectivity index (χ0v) is 10.7. The van der Waals surface area contributed by atoms with Gasteiger partial charge in [0.2, 0.25) is 0 Å². The molecule has 1 aliphatic heterocycles. The quantitative estimate of drug-likeness (QED) is 0.745. The van der Waals surface area contributed by atoms with Gasteiger partial charge in [0.15, 0.2) is 0 Å². The predicted molar refractivity (Wildman–Crippen MR) is 70.5 cm³/mol. The lowest BCUT2D eigenvalue weighted by Gasteiger charge is -2.33. The molecule has 1 saturated heterocycles. The van der Waals surface area contributed by atoms with E-state index in [1.807, 2.05) is 18.2 Å². The van der Waals surface area contributed by atoms with Crippen LogP contribution in [0.3, 0.4) is 0 Å². The van der Waals surface area contributed by atoms with E-state index >= 15 is 0 Å². The van der Waals surface area contributed by atoms with Crippen LogP contribution in [0.4, 0.5) is 0 Å². The minimum Gasteiger partial charge on any atom is -0.306 e. The Kier molecular flexibility index (Phi) is 3.95. The topological polar surface area (TPSA) is 20.3 Å². The van der Waals surface area contributed by atoms with Gasteiger partial charge in [0, 0.05) is 5.56 Å². The third-order valence-electron chi connectivity index (χ3n) is 4.04. The summed E-state index contributed by atoms with van der Waals surface area (Å²) in [5.74, 6) is 1.32. The van der Waals surface area contributed by atoms with E-state index in [4.69, 9.17) is 0 Å². The minimum atomic E-state index is 0.559. The first kappa shape index (κ1) is 12.3. The van der Waals surface area contributed by atoms with E-state index < -0.39 is 0 Å². The van der Waals surface area contributed by atoms with Gasteiger partial charge in [-0.3, -0.25) is 4.79 Å². The fourth-order valence-corrected chi connectivity index (χ4v) is 2.72. The standard InChI is InChI=1S/C15H21NO/c1-12(14-6-8-16(2)9-7-14)15-5-3-4-13(10-15)11-17/h3-5,10-12,14H,6-9H2,1-2H3. The molecule has 92 valence electrons. The first-order chi connectivity index (χ1) is 8.20. The van der Waals surface area contributed by atoms with Crippen LogP contribution in [0.2, 0.25) is 0 Å². The molecule has 1 aliphatic rings. The molecule has 1 atom stereocenters. The highest BCUT2D eigenvalue weighted by atomic mass is 16.1. The Morgan fingerprint density at radius 2 is 2.06 bits per heavy atom. The number of carbonyl (C=O) groups excluding carboxylic acids is 1. The second kappa shape index (κ2) is 5.46. The molecule has 0 aliphatic carbocycles. The summed E-state index contributed by atoms with van der Waals surface area (Å²) in [6.45, 7) is 4.69. The maximum absolute atomic E-state index is 10.8. The molecule has 1 unspecified atom stereocenters. The number of carbonyl (C=O) groups is 1. The van der Waals surface area contributed by atoms with Gasteiger partial charge >= 0.3 is 0 Å². The van der Waals surface area contributed by atoms with Gasteiger partial charge in [-0.05, 0) is 56.4 Å². The second-order valence-electron chi connectivity index (χ2n) is 5.22. The maximum atomic E-state index is 10.8. The van der Waals surface area contributed by atoms with Crippen molar-refractivity contribution in [1.29, 1.82) is 0 Å². The molecule has 1 fully saturated rings. The molecular formula is C15H21NO. The van der Waals surface area contributed by atoms with E-state index in [9.17, 15) is 4.79 Å². The summed E-state index contributed by atoms with van der Waals surface area (Å²) in [5.41, 5.74) is 2.10. The molecule has 0 saturated carbocycles. The van der Waals surface area contributed by atoms with E-state index in [0.29, 0.717) is 5.92 Å². The molecular weight excluding hydrogens is 210 g/mol. The highest BCUT2D eigenvalue weighted by Gasteiger charge is 2.23. The SMILES string of the molecule is CC(c1cccc(C=O)c1)C1CCN(C)CC1. The van der Waals surface area contributed by atoms with Crippen molar-refractivity contribution < 1.29 is 4.79 Å². The summed E-state index contributed by atoms with van der Waals surface area (Å²) in [5, 5.41) is 0. The molecule has 0 bridgehead atoms. The van der Waals surface area contributed by atoms with Crippen LogP contribution < -0.4 is 0 Å². The van der Waals surface area contributed by atoms with E-state index in [1.165, 1.54) is 31.5 Å². The molecule has 0 radical (unpaired) electrons. The van der Waals surface area contributed by atoms with Crippen molar-refractivity contribution in [2.45, 2.75) is 25.7 Å². The van der Waals surface area contributed by atoms with Gasteiger partial charge in [-0.1, -0.05) is 25.1 Å². The summed E-state index contributed by atoms with van der Waals surface area (Å²) in [7, 11) is 2.19. The summed E-state index contributed by atoms with van der Waals surface area (Å²) in [4.78, 5) is 13.2. The highest BCUT2D eigenvalue weighted by molar-refractivity contribution is 5.75. The Morgan fingerprint density at radius 1 is 1.35 bits per heavy atom. The van der Waals surface area contributed by atoms with Gasteiger partial charge < -0.3 is 4.90 Å². The van der Waals surface area contributed by atoms with Crippen molar-refractivity contribution >= 4 is 6.29 Å². The van der Waals surface area contributed by atoms with Gasteiger partial charge in [-0.25, -0.2) is 0 Å². The molecule has 0 N–H and O–H groups in total. The van der Waals surface area contributed by atoms with E-state index in [1.54, 1.807) is 0 Å². The van der Waals surface area contributed by atoms with Crippen LogP contribution >= 0.6 is 0 Å². The lowest BCUT2D eigenvalue weighted by atomic mass is 9.81. The van der Waals surface area contributed by atoms with Crippen LogP contribution in [0.15, 0.2) is 24.3 Å². The maximum Gasteiger partial charge on any atom is 0.150 e. The predicted octanol–water partition coefficient (Wildman–Crippen LogP) is 2.94. The Bertz CT molecular complexity index is 380. The van der Waals surface area contributed by atoms with Gasteiger partial charge in [-0.2, -0.15) is 0 Å². The largest absolute Gasteiger partial charge is 0.306 e. The monoisotopic (exact) mass is 231 g/mol. The average Bonchev–Trinajstić information content (AvgIpc) is 2.39. The third-order valence-corrected chi connectivity index (χ3v) is 4.04. The van der Waals surface area contributed by atoms with Crippen molar-refractivity contribution in [3.8, 4) is 0 Å². The molecule has 17 heavy (non-hydrogen) atoms. The fraction of sp³-hybridized carbons (Fsp3) is 0.533.